The van der Waals surface area contributed by atoms with E-state index in [1.54, 1.807) is 35.2 Å². The first-order valence-electron chi connectivity index (χ1n) is 9.85. The fourth-order valence-corrected chi connectivity index (χ4v) is 3.95. The van der Waals surface area contributed by atoms with Crippen LogP contribution in [0, 0.1) is 5.82 Å². The highest BCUT2D eigenvalue weighted by Gasteiger charge is 2.23. The van der Waals surface area contributed by atoms with E-state index >= 15 is 0 Å². The normalized spacial score (nSPS) is 11.1. The predicted molar refractivity (Wildman–Crippen MR) is 119 cm³/mol. The number of ether oxygens (including phenoxy) is 2. The van der Waals surface area contributed by atoms with Crippen LogP contribution in [0.5, 0.6) is 11.5 Å². The molecule has 0 radical (unpaired) electrons. The number of rotatable bonds is 9. The van der Waals surface area contributed by atoms with Gasteiger partial charge in [0.25, 0.3) is 5.91 Å². The van der Waals surface area contributed by atoms with Crippen LogP contribution in [0.15, 0.2) is 36.4 Å². The monoisotopic (exact) mass is 431 g/mol. The van der Waals surface area contributed by atoms with Crippen molar-refractivity contribution >= 4 is 32.6 Å². The molecule has 1 amide bonds. The fourth-order valence-electron chi connectivity index (χ4n) is 2.94. The van der Waals surface area contributed by atoms with E-state index < -0.39 is 5.82 Å². The highest BCUT2D eigenvalue weighted by Crippen LogP contribution is 2.33. The van der Waals surface area contributed by atoms with Gasteiger partial charge in [-0.2, -0.15) is 0 Å². The summed E-state index contributed by atoms with van der Waals surface area (Å²) in [6.07, 6.45) is 0. The van der Waals surface area contributed by atoms with Gasteiger partial charge >= 0.3 is 0 Å². The number of carbonyl (C=O) groups excluding carboxylic acids is 1. The molecule has 0 aliphatic rings. The van der Waals surface area contributed by atoms with Crippen molar-refractivity contribution in [2.45, 2.75) is 13.8 Å². The maximum absolute atomic E-state index is 14.2. The first-order valence-corrected chi connectivity index (χ1v) is 10.7. The van der Waals surface area contributed by atoms with E-state index in [9.17, 15) is 9.18 Å². The lowest BCUT2D eigenvalue weighted by molar-refractivity contribution is 0.0984. The van der Waals surface area contributed by atoms with Gasteiger partial charge in [-0.05, 0) is 58.3 Å². The van der Waals surface area contributed by atoms with Gasteiger partial charge in [-0.3, -0.25) is 9.69 Å². The predicted octanol–water partition coefficient (Wildman–Crippen LogP) is 4.44. The van der Waals surface area contributed by atoms with E-state index in [1.807, 2.05) is 32.8 Å². The van der Waals surface area contributed by atoms with Crippen LogP contribution in [-0.2, 0) is 0 Å². The molecule has 0 saturated heterocycles. The van der Waals surface area contributed by atoms with Crippen molar-refractivity contribution in [3.63, 3.8) is 0 Å². The molecule has 160 valence electrons. The zero-order valence-electron chi connectivity index (χ0n) is 17.6. The van der Waals surface area contributed by atoms with Gasteiger partial charge in [0.15, 0.2) is 16.6 Å². The van der Waals surface area contributed by atoms with Crippen molar-refractivity contribution in [3.05, 3.63) is 47.8 Å². The van der Waals surface area contributed by atoms with E-state index in [-0.39, 0.29) is 11.4 Å². The third-order valence-corrected chi connectivity index (χ3v) is 5.44. The van der Waals surface area contributed by atoms with E-state index in [0.717, 1.165) is 0 Å². The maximum atomic E-state index is 14.2. The molecule has 0 saturated carbocycles. The van der Waals surface area contributed by atoms with Crippen molar-refractivity contribution in [3.8, 4) is 11.5 Å². The number of likely N-dealkylation sites (N-methyl/N-ethyl adjacent to an activating group) is 1. The van der Waals surface area contributed by atoms with Gasteiger partial charge in [-0.25, -0.2) is 9.37 Å². The summed E-state index contributed by atoms with van der Waals surface area (Å²) in [4.78, 5) is 21.4. The van der Waals surface area contributed by atoms with E-state index in [2.05, 4.69) is 4.98 Å². The van der Waals surface area contributed by atoms with Crippen LogP contribution in [0.2, 0.25) is 0 Å². The van der Waals surface area contributed by atoms with Crippen molar-refractivity contribution in [1.29, 1.82) is 0 Å². The Bertz CT molecular complexity index is 1020. The van der Waals surface area contributed by atoms with Gasteiger partial charge in [0.05, 0.1) is 17.9 Å². The number of nitrogens with zero attached hydrogens (tertiary/aromatic N) is 3. The molecule has 0 bridgehead atoms. The van der Waals surface area contributed by atoms with Gasteiger partial charge in [-0.15, -0.1) is 0 Å². The molecule has 6 nitrogen and oxygen atoms in total. The number of para-hydroxylation sites is 1. The summed E-state index contributed by atoms with van der Waals surface area (Å²) in [6.45, 7) is 5.79. The van der Waals surface area contributed by atoms with E-state index in [1.165, 1.54) is 17.4 Å². The number of aromatic nitrogens is 1. The quantitative estimate of drug-likeness (QED) is 0.501. The molecule has 0 N–H and O–H groups in total. The Balaban J connectivity index is 1.99. The topological polar surface area (TPSA) is 54.9 Å². The maximum Gasteiger partial charge on any atom is 0.260 e. The van der Waals surface area contributed by atoms with Crippen LogP contribution in [0.3, 0.4) is 0 Å². The lowest BCUT2D eigenvalue weighted by atomic mass is 10.1. The lowest BCUT2D eigenvalue weighted by Crippen LogP contribution is -2.36. The van der Waals surface area contributed by atoms with Crippen LogP contribution in [-0.4, -0.2) is 56.2 Å². The third-order valence-electron chi connectivity index (χ3n) is 4.40. The second-order valence-corrected chi connectivity index (χ2v) is 7.88. The van der Waals surface area contributed by atoms with Crippen LogP contribution in [0.25, 0.3) is 10.2 Å². The Labute approximate surface area is 179 Å². The summed E-state index contributed by atoms with van der Waals surface area (Å²) >= 11 is 1.30. The fraction of sp³-hybridized carbons (Fsp3) is 0.364. The Kier molecular flexibility index (Phi) is 7.23. The summed E-state index contributed by atoms with van der Waals surface area (Å²) in [6, 6.07) is 9.97. The molecular weight excluding hydrogens is 405 g/mol. The van der Waals surface area contributed by atoms with Crippen molar-refractivity contribution < 1.29 is 18.7 Å². The molecule has 30 heavy (non-hydrogen) atoms. The second kappa shape index (κ2) is 9.86. The highest BCUT2D eigenvalue weighted by molar-refractivity contribution is 7.22. The Morgan fingerprint density at radius 2 is 1.80 bits per heavy atom. The van der Waals surface area contributed by atoms with Crippen LogP contribution in [0.4, 0.5) is 9.52 Å². The minimum Gasteiger partial charge on any atom is -0.490 e. The molecule has 0 aliphatic carbocycles. The number of hydrogen-bond acceptors (Lipinski definition) is 6. The second-order valence-electron chi connectivity index (χ2n) is 6.87. The number of hydrogen-bond donors (Lipinski definition) is 0. The van der Waals surface area contributed by atoms with Gasteiger partial charge in [0, 0.05) is 18.7 Å². The molecule has 0 atom stereocenters. The number of amides is 1. The summed E-state index contributed by atoms with van der Waals surface area (Å²) < 4.78 is 26.1. The zero-order chi connectivity index (χ0) is 21.7. The molecular formula is C22H26FN3O3S. The Hall–Kier alpha value is -2.71. The minimum absolute atomic E-state index is 0.222. The highest BCUT2D eigenvalue weighted by atomic mass is 32.1. The standard InChI is InChI=1S/C22H26FN3O3S/c1-5-28-17-11-10-15(14-18(17)29-6-2)21(27)26(13-12-25(3)4)22-24-20-16(23)8-7-9-19(20)30-22/h7-11,14H,5-6,12-13H2,1-4H3. The molecule has 3 aromatic rings. The van der Waals surface area contributed by atoms with Crippen LogP contribution < -0.4 is 14.4 Å². The lowest BCUT2D eigenvalue weighted by Gasteiger charge is -2.22. The van der Waals surface area contributed by atoms with E-state index in [0.29, 0.717) is 53.2 Å². The van der Waals surface area contributed by atoms with Gasteiger partial charge in [0.1, 0.15) is 11.3 Å². The van der Waals surface area contributed by atoms with Crippen molar-refractivity contribution in [2.24, 2.45) is 0 Å². The van der Waals surface area contributed by atoms with Crippen LogP contribution >= 0.6 is 11.3 Å². The molecule has 8 heteroatoms. The number of carbonyl (C=O) groups is 1. The number of thiazole rings is 1. The van der Waals surface area contributed by atoms with Gasteiger partial charge in [-0.1, -0.05) is 17.4 Å². The first kappa shape index (κ1) is 22.0. The molecule has 0 fully saturated rings. The largest absolute Gasteiger partial charge is 0.490 e. The average molecular weight is 432 g/mol. The number of benzene rings is 2. The Morgan fingerprint density at radius 3 is 2.47 bits per heavy atom. The number of fused-ring (bicyclic) bond motifs is 1. The molecule has 0 unspecified atom stereocenters. The molecule has 0 spiro atoms. The van der Waals surface area contributed by atoms with E-state index in [4.69, 9.17) is 9.47 Å². The molecule has 2 aromatic carbocycles. The first-order chi connectivity index (χ1) is 14.4. The van der Waals surface area contributed by atoms with Crippen molar-refractivity contribution in [1.82, 2.24) is 9.88 Å². The minimum atomic E-state index is -0.394. The molecule has 1 aromatic heterocycles. The summed E-state index contributed by atoms with van der Waals surface area (Å²) in [5.74, 6) is 0.501. The number of anilines is 1. The van der Waals surface area contributed by atoms with Gasteiger partial charge < -0.3 is 14.4 Å². The molecule has 0 aliphatic heterocycles. The summed E-state index contributed by atoms with van der Waals surface area (Å²) in [5.41, 5.74) is 0.738. The molecule has 1 heterocycles. The van der Waals surface area contributed by atoms with Gasteiger partial charge in [0.2, 0.25) is 0 Å². The zero-order valence-corrected chi connectivity index (χ0v) is 18.5. The van der Waals surface area contributed by atoms with Crippen molar-refractivity contribution in [2.75, 3.05) is 45.3 Å². The summed E-state index contributed by atoms with van der Waals surface area (Å²) in [7, 11) is 3.87. The van der Waals surface area contributed by atoms with Crippen LogP contribution in [0.1, 0.15) is 24.2 Å². The smallest absolute Gasteiger partial charge is 0.260 e. The SMILES string of the molecule is CCOc1ccc(C(=O)N(CCN(C)C)c2nc3c(F)cccc3s2)cc1OCC. The Morgan fingerprint density at radius 1 is 1.07 bits per heavy atom. The molecule has 3 rings (SSSR count). The summed E-state index contributed by atoms with van der Waals surface area (Å²) in [5, 5.41) is 0.466. The number of halogens is 1. The third kappa shape index (κ3) is 4.88. The average Bonchev–Trinajstić information content (AvgIpc) is 3.15.